The third-order valence-corrected chi connectivity index (χ3v) is 7.71. The third kappa shape index (κ3) is 6.58. The summed E-state index contributed by atoms with van der Waals surface area (Å²) >= 11 is 5.95. The second-order valence-electron chi connectivity index (χ2n) is 10.7. The molecule has 41 heavy (non-hydrogen) atoms. The Kier molecular flexibility index (Phi) is 7.74. The zero-order valence-corrected chi connectivity index (χ0v) is 23.0. The van der Waals surface area contributed by atoms with Crippen LogP contribution in [0.5, 0.6) is 5.75 Å². The van der Waals surface area contributed by atoms with Gasteiger partial charge in [-0.2, -0.15) is 0 Å². The number of rotatable bonds is 9. The summed E-state index contributed by atoms with van der Waals surface area (Å²) in [5, 5.41) is 9.85. The van der Waals surface area contributed by atoms with Gasteiger partial charge in [0.25, 0.3) is 0 Å². The highest BCUT2D eigenvalue weighted by atomic mass is 35.5. The van der Waals surface area contributed by atoms with Crippen molar-refractivity contribution in [1.82, 2.24) is 20.2 Å². The lowest BCUT2D eigenvalue weighted by Gasteiger charge is -2.33. The molecule has 1 atom stereocenters. The van der Waals surface area contributed by atoms with Gasteiger partial charge in [0.1, 0.15) is 29.3 Å². The molecule has 0 radical (unpaired) electrons. The van der Waals surface area contributed by atoms with Gasteiger partial charge >= 0.3 is 5.97 Å². The van der Waals surface area contributed by atoms with Gasteiger partial charge in [-0.3, -0.25) is 14.5 Å². The minimum absolute atomic E-state index is 0.00983. The van der Waals surface area contributed by atoms with E-state index in [4.69, 9.17) is 21.1 Å². The van der Waals surface area contributed by atoms with Gasteiger partial charge in [0.15, 0.2) is 0 Å². The van der Waals surface area contributed by atoms with Crippen molar-refractivity contribution in [2.45, 2.75) is 24.9 Å². The number of aromatic nitrogens is 2. The number of hydrogen-bond donors (Lipinski definition) is 3. The SMILES string of the molecule is O=C(C=CCN1CCC2(CNCC(=O)O2)C1)Nc1cc2c(Nc3ccc(F)c(Cl)c3)ncnc2cc1OCC1CC1. The van der Waals surface area contributed by atoms with Crippen molar-refractivity contribution < 1.29 is 23.5 Å². The first-order chi connectivity index (χ1) is 19.9. The Balaban J connectivity index is 1.17. The van der Waals surface area contributed by atoms with Gasteiger partial charge in [-0.05, 0) is 43.0 Å². The predicted molar refractivity (Wildman–Crippen MR) is 153 cm³/mol. The summed E-state index contributed by atoms with van der Waals surface area (Å²) in [6.45, 7) is 3.39. The lowest BCUT2D eigenvalue weighted by molar-refractivity contribution is -0.162. The first-order valence-electron chi connectivity index (χ1n) is 13.6. The summed E-state index contributed by atoms with van der Waals surface area (Å²) in [5.41, 5.74) is 1.18. The van der Waals surface area contributed by atoms with Gasteiger partial charge in [0, 0.05) is 55.8 Å². The number of anilines is 3. The molecule has 3 aromatic rings. The maximum absolute atomic E-state index is 13.6. The van der Waals surface area contributed by atoms with E-state index in [-0.39, 0.29) is 23.4 Å². The van der Waals surface area contributed by atoms with E-state index in [0.717, 1.165) is 25.8 Å². The van der Waals surface area contributed by atoms with E-state index in [0.29, 0.717) is 66.0 Å². The van der Waals surface area contributed by atoms with Crippen LogP contribution in [0.3, 0.4) is 0 Å². The molecule has 3 aliphatic rings. The molecule has 10 nitrogen and oxygen atoms in total. The Morgan fingerprint density at radius 3 is 2.98 bits per heavy atom. The summed E-state index contributed by atoms with van der Waals surface area (Å²) in [5.74, 6) is 0.457. The number of nitrogens with one attached hydrogen (secondary N) is 3. The Bertz CT molecular complexity index is 1520. The molecule has 1 unspecified atom stereocenters. The molecule has 2 saturated heterocycles. The number of morpholine rings is 1. The quantitative estimate of drug-likeness (QED) is 0.254. The van der Waals surface area contributed by atoms with E-state index in [1.54, 1.807) is 24.3 Å². The van der Waals surface area contributed by atoms with Crippen LogP contribution in [0.25, 0.3) is 10.9 Å². The summed E-state index contributed by atoms with van der Waals surface area (Å²) in [7, 11) is 0. The predicted octanol–water partition coefficient (Wildman–Crippen LogP) is 4.04. The normalized spacial score (nSPS) is 21.0. The highest BCUT2D eigenvalue weighted by Gasteiger charge is 2.43. The van der Waals surface area contributed by atoms with Crippen LogP contribution in [0.15, 0.2) is 48.8 Å². The minimum atomic E-state index is -0.515. The van der Waals surface area contributed by atoms with Crippen molar-refractivity contribution in [2.24, 2.45) is 5.92 Å². The van der Waals surface area contributed by atoms with Crippen molar-refractivity contribution in [1.29, 1.82) is 0 Å². The minimum Gasteiger partial charge on any atom is -0.491 e. The monoisotopic (exact) mass is 580 g/mol. The number of carbonyl (C=O) groups excluding carboxylic acids is 2. The van der Waals surface area contributed by atoms with Crippen LogP contribution in [-0.4, -0.2) is 71.7 Å². The van der Waals surface area contributed by atoms with Crippen LogP contribution >= 0.6 is 11.6 Å². The Labute approximate surface area is 241 Å². The van der Waals surface area contributed by atoms with E-state index in [1.165, 1.54) is 24.5 Å². The van der Waals surface area contributed by atoms with Gasteiger partial charge < -0.3 is 25.4 Å². The molecule has 2 aliphatic heterocycles. The van der Waals surface area contributed by atoms with Crippen LogP contribution < -0.4 is 20.7 Å². The molecule has 3 heterocycles. The van der Waals surface area contributed by atoms with Gasteiger partial charge in [-0.15, -0.1) is 0 Å². The molecule has 12 heteroatoms. The average Bonchev–Trinajstić information content (AvgIpc) is 3.70. The number of amides is 1. The molecular weight excluding hydrogens is 551 g/mol. The van der Waals surface area contributed by atoms with Crippen LogP contribution in [0, 0.1) is 11.7 Å². The van der Waals surface area contributed by atoms with E-state index < -0.39 is 11.4 Å². The van der Waals surface area contributed by atoms with Crippen molar-refractivity contribution >= 4 is 51.6 Å². The molecule has 1 aliphatic carbocycles. The summed E-state index contributed by atoms with van der Waals surface area (Å²) < 4.78 is 25.4. The Hall–Kier alpha value is -3.80. The second kappa shape index (κ2) is 11.6. The second-order valence-corrected chi connectivity index (χ2v) is 11.1. The number of nitrogens with zero attached hydrogens (tertiary/aromatic N) is 3. The molecule has 214 valence electrons. The van der Waals surface area contributed by atoms with Crippen LogP contribution in [0.2, 0.25) is 5.02 Å². The number of fused-ring (bicyclic) bond motifs is 1. The van der Waals surface area contributed by atoms with E-state index >= 15 is 0 Å². The molecule has 1 aromatic heterocycles. The van der Waals surface area contributed by atoms with Crippen molar-refractivity contribution in [3.05, 3.63) is 59.7 Å². The zero-order chi connectivity index (χ0) is 28.4. The number of halogens is 2. The molecule has 0 bridgehead atoms. The van der Waals surface area contributed by atoms with E-state index in [9.17, 15) is 14.0 Å². The average molecular weight is 581 g/mol. The summed E-state index contributed by atoms with van der Waals surface area (Å²) in [6, 6.07) is 7.86. The zero-order valence-electron chi connectivity index (χ0n) is 22.3. The summed E-state index contributed by atoms with van der Waals surface area (Å²) in [6.07, 6.45) is 7.73. The maximum atomic E-state index is 13.6. The fraction of sp³-hybridized carbons (Fsp3) is 0.379. The topological polar surface area (TPSA) is 118 Å². The van der Waals surface area contributed by atoms with Gasteiger partial charge in [-0.1, -0.05) is 17.7 Å². The third-order valence-electron chi connectivity index (χ3n) is 7.42. The molecule has 1 saturated carbocycles. The van der Waals surface area contributed by atoms with E-state index in [2.05, 4.69) is 30.8 Å². The Morgan fingerprint density at radius 2 is 2.17 bits per heavy atom. The molecule has 3 fully saturated rings. The number of hydrogen-bond acceptors (Lipinski definition) is 9. The first kappa shape index (κ1) is 27.4. The number of carbonyl (C=O) groups is 2. The number of esters is 1. The van der Waals surface area contributed by atoms with Crippen molar-refractivity contribution in [3.63, 3.8) is 0 Å². The number of ether oxygens (including phenoxy) is 2. The molecule has 3 N–H and O–H groups in total. The van der Waals surface area contributed by atoms with Crippen LogP contribution in [-0.2, 0) is 14.3 Å². The van der Waals surface area contributed by atoms with Crippen LogP contribution in [0.1, 0.15) is 19.3 Å². The van der Waals surface area contributed by atoms with Gasteiger partial charge in [0.05, 0.1) is 29.4 Å². The van der Waals surface area contributed by atoms with Gasteiger partial charge in [-0.25, -0.2) is 14.4 Å². The smallest absolute Gasteiger partial charge is 0.320 e. The fourth-order valence-electron chi connectivity index (χ4n) is 5.10. The van der Waals surface area contributed by atoms with E-state index in [1.807, 2.05) is 0 Å². The van der Waals surface area contributed by atoms with Crippen molar-refractivity contribution in [2.75, 3.05) is 50.0 Å². The van der Waals surface area contributed by atoms with Crippen LogP contribution in [0.4, 0.5) is 21.6 Å². The molecule has 2 aromatic carbocycles. The molecule has 1 amide bonds. The molecular formula is C29H30ClFN6O4. The fourth-order valence-corrected chi connectivity index (χ4v) is 5.28. The lowest BCUT2D eigenvalue weighted by atomic mass is 10.0. The number of likely N-dealkylation sites (tertiary alicyclic amines) is 1. The highest BCUT2D eigenvalue weighted by molar-refractivity contribution is 6.31. The summed E-state index contributed by atoms with van der Waals surface area (Å²) in [4.78, 5) is 35.6. The lowest BCUT2D eigenvalue weighted by Crippen LogP contribution is -2.53. The molecule has 1 spiro atoms. The number of benzene rings is 2. The maximum Gasteiger partial charge on any atom is 0.320 e. The largest absolute Gasteiger partial charge is 0.491 e. The Morgan fingerprint density at radius 1 is 1.29 bits per heavy atom. The molecule has 6 rings (SSSR count). The highest BCUT2D eigenvalue weighted by Crippen LogP contribution is 2.36. The standard InChI is InChI=1S/C29H30ClFN6O4/c30-21-10-19(5-6-22(21)31)35-28-20-11-24(25(40-14-18-3-4-18)12-23(20)33-17-34-28)36-26(38)2-1-8-37-9-7-29(16-37)15-32-13-27(39)41-29/h1-2,5-6,10-12,17-18,32H,3-4,7-9,13-16H2,(H,36,38)(H,33,34,35). The van der Waals surface area contributed by atoms with Gasteiger partial charge in [0.2, 0.25) is 5.91 Å². The van der Waals surface area contributed by atoms with Crippen molar-refractivity contribution in [3.8, 4) is 5.75 Å². The first-order valence-corrected chi connectivity index (χ1v) is 14.0.